The molecular weight excluding hydrogens is 151 g/mol. The minimum absolute atomic E-state index is 0.393. The first kappa shape index (κ1) is 7.53. The van der Waals surface area contributed by atoms with Crippen LogP contribution in [0.15, 0.2) is 28.8 Å². The fraction of sp³-hybridized carbons (Fsp3) is 0. The van der Waals surface area contributed by atoms with E-state index in [4.69, 9.17) is 5.11 Å². The highest BCUT2D eigenvalue weighted by Crippen LogP contribution is 2.07. The van der Waals surface area contributed by atoms with Crippen molar-refractivity contribution in [2.75, 3.05) is 0 Å². The summed E-state index contributed by atoms with van der Waals surface area (Å²) in [5, 5.41) is 8.11. The number of carboxylic acid groups (broad SMARTS) is 1. The van der Waals surface area contributed by atoms with Gasteiger partial charge >= 0.3 is 5.97 Å². The van der Waals surface area contributed by atoms with Gasteiger partial charge in [-0.2, -0.15) is 4.39 Å². The third-order valence-corrected chi connectivity index (χ3v) is 1.04. The van der Waals surface area contributed by atoms with Crippen LogP contribution in [0.3, 0.4) is 0 Å². The van der Waals surface area contributed by atoms with Gasteiger partial charge in [-0.1, -0.05) is 0 Å². The van der Waals surface area contributed by atoms with Crippen molar-refractivity contribution in [3.63, 3.8) is 0 Å². The zero-order valence-electron chi connectivity index (χ0n) is 5.45. The van der Waals surface area contributed by atoms with Crippen molar-refractivity contribution in [2.45, 2.75) is 0 Å². The molecule has 4 heteroatoms. The summed E-state index contributed by atoms with van der Waals surface area (Å²) in [5.74, 6) is -2.78. The zero-order valence-corrected chi connectivity index (χ0v) is 5.45. The van der Waals surface area contributed by atoms with E-state index in [0.29, 0.717) is 5.56 Å². The molecular formula is C7H5FO3. The highest BCUT2D eigenvalue weighted by Gasteiger charge is 2.04. The van der Waals surface area contributed by atoms with Crippen LogP contribution in [0.2, 0.25) is 0 Å². The van der Waals surface area contributed by atoms with E-state index in [2.05, 4.69) is 4.42 Å². The van der Waals surface area contributed by atoms with E-state index in [1.165, 1.54) is 18.6 Å². The maximum Gasteiger partial charge on any atom is 0.364 e. The molecule has 0 bridgehead atoms. The predicted octanol–water partition coefficient (Wildman–Crippen LogP) is 1.67. The van der Waals surface area contributed by atoms with Crippen LogP contribution >= 0.6 is 0 Å². The zero-order chi connectivity index (χ0) is 8.27. The van der Waals surface area contributed by atoms with Crippen molar-refractivity contribution in [2.24, 2.45) is 0 Å². The molecule has 1 N–H and O–H groups in total. The Kier molecular flexibility index (Phi) is 2.06. The van der Waals surface area contributed by atoms with Crippen LogP contribution < -0.4 is 0 Å². The first-order chi connectivity index (χ1) is 5.20. The summed E-state index contributed by atoms with van der Waals surface area (Å²) in [6, 6.07) is 1.46. The fourth-order valence-corrected chi connectivity index (χ4v) is 0.565. The standard InChI is InChI=1S/C7H5FO3/c8-6(7(9)10)3-5-1-2-11-4-5/h1-4H,(H,9,10). The van der Waals surface area contributed by atoms with E-state index >= 15 is 0 Å². The van der Waals surface area contributed by atoms with E-state index in [1.807, 2.05) is 0 Å². The lowest BCUT2D eigenvalue weighted by atomic mass is 10.3. The Hall–Kier alpha value is -1.58. The number of aliphatic carboxylic acids is 1. The number of rotatable bonds is 2. The maximum atomic E-state index is 12.3. The summed E-state index contributed by atoms with van der Waals surface area (Å²) in [5.41, 5.74) is 0.393. The monoisotopic (exact) mass is 156 g/mol. The average molecular weight is 156 g/mol. The van der Waals surface area contributed by atoms with Crippen LogP contribution in [0.25, 0.3) is 6.08 Å². The fourth-order valence-electron chi connectivity index (χ4n) is 0.565. The number of halogens is 1. The number of carboxylic acids is 1. The summed E-state index contributed by atoms with van der Waals surface area (Å²) in [4.78, 5) is 9.95. The number of hydrogen-bond acceptors (Lipinski definition) is 2. The molecule has 0 aromatic carbocycles. The molecule has 0 saturated carbocycles. The molecule has 0 unspecified atom stereocenters. The molecule has 0 aliphatic rings. The van der Waals surface area contributed by atoms with Crippen LogP contribution in [-0.2, 0) is 4.79 Å². The van der Waals surface area contributed by atoms with Crippen molar-refractivity contribution in [3.8, 4) is 0 Å². The molecule has 0 fully saturated rings. The maximum absolute atomic E-state index is 12.3. The third kappa shape index (κ3) is 1.93. The van der Waals surface area contributed by atoms with Crippen LogP contribution in [0.1, 0.15) is 5.56 Å². The van der Waals surface area contributed by atoms with Gasteiger partial charge < -0.3 is 9.52 Å². The SMILES string of the molecule is O=C(O)C(F)=Cc1ccoc1. The molecule has 0 radical (unpaired) electrons. The van der Waals surface area contributed by atoms with Gasteiger partial charge in [0.2, 0.25) is 5.83 Å². The molecule has 0 aliphatic carbocycles. The topological polar surface area (TPSA) is 50.4 Å². The third-order valence-electron chi connectivity index (χ3n) is 1.04. The van der Waals surface area contributed by atoms with Crippen LogP contribution in [-0.4, -0.2) is 11.1 Å². The molecule has 0 spiro atoms. The number of carbonyl (C=O) groups is 1. The van der Waals surface area contributed by atoms with Crippen molar-refractivity contribution in [1.82, 2.24) is 0 Å². The first-order valence-corrected chi connectivity index (χ1v) is 2.83. The summed E-state index contributed by atoms with van der Waals surface area (Å²) >= 11 is 0. The lowest BCUT2D eigenvalue weighted by molar-refractivity contribution is -0.134. The van der Waals surface area contributed by atoms with E-state index in [9.17, 15) is 9.18 Å². The minimum atomic E-state index is -1.58. The predicted molar refractivity (Wildman–Crippen MR) is 35.4 cm³/mol. The van der Waals surface area contributed by atoms with Crippen LogP contribution in [0.5, 0.6) is 0 Å². The molecule has 1 rings (SSSR count). The number of hydrogen-bond donors (Lipinski definition) is 1. The van der Waals surface area contributed by atoms with E-state index in [-0.39, 0.29) is 0 Å². The van der Waals surface area contributed by atoms with Crippen molar-refractivity contribution in [3.05, 3.63) is 30.0 Å². The van der Waals surface area contributed by atoms with E-state index in [1.54, 1.807) is 0 Å². The highest BCUT2D eigenvalue weighted by molar-refractivity contribution is 5.89. The Bertz CT molecular complexity index is 274. The molecule has 0 atom stereocenters. The minimum Gasteiger partial charge on any atom is -0.476 e. The normalized spacial score (nSPS) is 11.5. The van der Waals surface area contributed by atoms with Gasteiger partial charge in [-0.3, -0.25) is 0 Å². The lowest BCUT2D eigenvalue weighted by Gasteiger charge is -1.84. The van der Waals surface area contributed by atoms with E-state index < -0.39 is 11.8 Å². The van der Waals surface area contributed by atoms with Gasteiger partial charge in [0, 0.05) is 5.56 Å². The highest BCUT2D eigenvalue weighted by atomic mass is 19.1. The number of furan rings is 1. The van der Waals surface area contributed by atoms with Gasteiger partial charge in [0.1, 0.15) is 0 Å². The van der Waals surface area contributed by atoms with Gasteiger partial charge in [0.05, 0.1) is 12.5 Å². The molecule has 3 nitrogen and oxygen atoms in total. The van der Waals surface area contributed by atoms with E-state index in [0.717, 1.165) is 6.08 Å². The second-order valence-corrected chi connectivity index (χ2v) is 1.85. The summed E-state index contributed by atoms with van der Waals surface area (Å²) in [6.45, 7) is 0. The Balaban J connectivity index is 2.82. The Morgan fingerprint density at radius 2 is 2.45 bits per heavy atom. The van der Waals surface area contributed by atoms with Gasteiger partial charge in [-0.25, -0.2) is 4.79 Å². The molecule has 11 heavy (non-hydrogen) atoms. The van der Waals surface area contributed by atoms with Crippen LogP contribution in [0.4, 0.5) is 4.39 Å². The summed E-state index contributed by atoms with van der Waals surface area (Å²) in [7, 11) is 0. The van der Waals surface area contributed by atoms with Crippen molar-refractivity contribution < 1.29 is 18.7 Å². The average Bonchev–Trinajstić information content (AvgIpc) is 2.39. The molecule has 58 valence electrons. The van der Waals surface area contributed by atoms with Gasteiger partial charge in [0.15, 0.2) is 0 Å². The Morgan fingerprint density at radius 3 is 2.91 bits per heavy atom. The molecule has 1 heterocycles. The lowest BCUT2D eigenvalue weighted by Crippen LogP contribution is -1.93. The van der Waals surface area contributed by atoms with Crippen LogP contribution in [0, 0.1) is 0 Å². The molecule has 0 saturated heterocycles. The van der Waals surface area contributed by atoms with Crippen molar-refractivity contribution in [1.29, 1.82) is 0 Å². The molecule has 0 aliphatic heterocycles. The Labute approximate surface area is 61.8 Å². The van der Waals surface area contributed by atoms with Crippen molar-refractivity contribution >= 4 is 12.0 Å². The smallest absolute Gasteiger partial charge is 0.364 e. The molecule has 0 amide bonds. The molecule has 1 aromatic rings. The first-order valence-electron chi connectivity index (χ1n) is 2.83. The largest absolute Gasteiger partial charge is 0.476 e. The summed E-state index contributed by atoms with van der Waals surface area (Å²) < 4.78 is 16.9. The summed E-state index contributed by atoms with van der Waals surface area (Å²) in [6.07, 6.45) is 3.47. The quantitative estimate of drug-likeness (QED) is 0.662. The van der Waals surface area contributed by atoms with Gasteiger partial charge in [-0.15, -0.1) is 0 Å². The second kappa shape index (κ2) is 3.01. The van der Waals surface area contributed by atoms with Gasteiger partial charge in [0.25, 0.3) is 0 Å². The van der Waals surface area contributed by atoms with Gasteiger partial charge in [-0.05, 0) is 12.1 Å². The Morgan fingerprint density at radius 1 is 1.73 bits per heavy atom. The molecule has 1 aromatic heterocycles. The second-order valence-electron chi connectivity index (χ2n) is 1.85.